The maximum atomic E-state index is 10.7. The summed E-state index contributed by atoms with van der Waals surface area (Å²) in [5.41, 5.74) is 0.704. The highest BCUT2D eigenvalue weighted by Gasteiger charge is 2.12. The van der Waals surface area contributed by atoms with Gasteiger partial charge in [-0.1, -0.05) is 0 Å². The predicted octanol–water partition coefficient (Wildman–Crippen LogP) is 1.24. The molecule has 1 N–H and O–H groups in total. The predicted molar refractivity (Wildman–Crippen MR) is 44.3 cm³/mol. The van der Waals surface area contributed by atoms with Gasteiger partial charge < -0.3 is 8.83 Å². The Kier molecular flexibility index (Phi) is 1.58. The molecule has 5 heteroatoms. The van der Waals surface area contributed by atoms with Crippen molar-refractivity contribution in [3.05, 3.63) is 28.1 Å². The first-order valence-electron chi connectivity index (χ1n) is 3.80. The van der Waals surface area contributed by atoms with Crippen LogP contribution in [0.25, 0.3) is 11.5 Å². The molecular formula is C8H8N2O3. The number of aromatic nitrogens is 2. The molecule has 0 fully saturated rings. The fourth-order valence-corrected chi connectivity index (χ4v) is 1.19. The first kappa shape index (κ1) is 7.85. The Morgan fingerprint density at radius 3 is 2.62 bits per heavy atom. The quantitative estimate of drug-likeness (QED) is 0.716. The lowest BCUT2D eigenvalue weighted by Gasteiger charge is -1.86. The fourth-order valence-electron chi connectivity index (χ4n) is 1.19. The Morgan fingerprint density at radius 2 is 2.15 bits per heavy atom. The van der Waals surface area contributed by atoms with Crippen molar-refractivity contribution in [2.24, 2.45) is 0 Å². The second-order valence-electron chi connectivity index (χ2n) is 2.75. The first-order chi connectivity index (χ1) is 6.16. The highest BCUT2D eigenvalue weighted by atomic mass is 16.4. The number of furan rings is 1. The second kappa shape index (κ2) is 2.62. The van der Waals surface area contributed by atoms with Gasteiger partial charge in [-0.05, 0) is 19.9 Å². The number of nitrogens with zero attached hydrogens (tertiary/aromatic N) is 1. The lowest BCUT2D eigenvalue weighted by molar-refractivity contribution is 0.499. The van der Waals surface area contributed by atoms with E-state index < -0.39 is 5.76 Å². The third-order valence-corrected chi connectivity index (χ3v) is 1.71. The molecule has 0 unspecified atom stereocenters. The van der Waals surface area contributed by atoms with Crippen LogP contribution in [0, 0.1) is 13.8 Å². The summed E-state index contributed by atoms with van der Waals surface area (Å²) in [7, 11) is 0. The van der Waals surface area contributed by atoms with Crippen LogP contribution in [0.1, 0.15) is 11.5 Å². The molecule has 0 aliphatic rings. The molecule has 68 valence electrons. The zero-order valence-electron chi connectivity index (χ0n) is 7.25. The number of aryl methyl sites for hydroxylation is 2. The third-order valence-electron chi connectivity index (χ3n) is 1.71. The van der Waals surface area contributed by atoms with E-state index in [4.69, 9.17) is 8.83 Å². The molecule has 13 heavy (non-hydrogen) atoms. The molecule has 0 bridgehead atoms. The summed E-state index contributed by atoms with van der Waals surface area (Å²) in [4.78, 5) is 10.7. The monoisotopic (exact) mass is 180 g/mol. The van der Waals surface area contributed by atoms with Crippen LogP contribution in [0.2, 0.25) is 0 Å². The Hall–Kier alpha value is -1.78. The molecule has 0 spiro atoms. The van der Waals surface area contributed by atoms with Gasteiger partial charge in [0.25, 0.3) is 5.89 Å². The molecule has 0 saturated heterocycles. The van der Waals surface area contributed by atoms with Crippen molar-refractivity contribution in [3.8, 4) is 11.5 Å². The van der Waals surface area contributed by atoms with Crippen LogP contribution in [0.5, 0.6) is 0 Å². The smallest absolute Gasteiger partial charge is 0.434 e. The summed E-state index contributed by atoms with van der Waals surface area (Å²) < 4.78 is 10.0. The van der Waals surface area contributed by atoms with Crippen LogP contribution in [-0.2, 0) is 0 Å². The first-order valence-corrected chi connectivity index (χ1v) is 3.80. The average Bonchev–Trinajstić information content (AvgIpc) is 2.58. The summed E-state index contributed by atoms with van der Waals surface area (Å²) in [5, 5.41) is 5.89. The van der Waals surface area contributed by atoms with E-state index in [1.54, 1.807) is 13.0 Å². The van der Waals surface area contributed by atoms with Crippen LogP contribution in [-0.4, -0.2) is 10.2 Å². The topological polar surface area (TPSA) is 72.0 Å². The molecule has 0 radical (unpaired) electrons. The number of H-pyrrole nitrogens is 1. The van der Waals surface area contributed by atoms with Crippen LogP contribution < -0.4 is 5.76 Å². The summed E-state index contributed by atoms with van der Waals surface area (Å²) >= 11 is 0. The molecule has 0 aliphatic heterocycles. The minimum atomic E-state index is -0.562. The van der Waals surface area contributed by atoms with Gasteiger partial charge in [-0.15, -0.1) is 5.10 Å². The van der Waals surface area contributed by atoms with E-state index in [2.05, 4.69) is 10.2 Å². The standard InChI is InChI=1S/C8H8N2O3/c1-4-3-6(5(2)12-4)7-9-10-8(11)13-7/h3H,1-2H3,(H,10,11). The van der Waals surface area contributed by atoms with Gasteiger partial charge in [0.2, 0.25) is 0 Å². The van der Waals surface area contributed by atoms with E-state index in [1.807, 2.05) is 6.92 Å². The van der Waals surface area contributed by atoms with Crippen LogP contribution in [0.4, 0.5) is 0 Å². The van der Waals surface area contributed by atoms with Crippen molar-refractivity contribution < 1.29 is 8.83 Å². The van der Waals surface area contributed by atoms with Gasteiger partial charge in [-0.2, -0.15) is 0 Å². The van der Waals surface area contributed by atoms with Crippen LogP contribution in [0.3, 0.4) is 0 Å². The van der Waals surface area contributed by atoms with Gasteiger partial charge in [0.15, 0.2) is 0 Å². The minimum absolute atomic E-state index is 0.263. The fraction of sp³-hybridized carbons (Fsp3) is 0.250. The van der Waals surface area contributed by atoms with Crippen molar-refractivity contribution in [1.29, 1.82) is 0 Å². The van der Waals surface area contributed by atoms with Crippen LogP contribution >= 0.6 is 0 Å². The third kappa shape index (κ3) is 1.28. The highest BCUT2D eigenvalue weighted by Crippen LogP contribution is 2.23. The number of hydrogen-bond acceptors (Lipinski definition) is 4. The highest BCUT2D eigenvalue weighted by molar-refractivity contribution is 5.55. The molecule has 0 amide bonds. The molecule has 2 aromatic rings. The molecule has 2 heterocycles. The Bertz CT molecular complexity index is 478. The zero-order chi connectivity index (χ0) is 9.42. The summed E-state index contributed by atoms with van der Waals surface area (Å²) in [6.45, 7) is 3.61. The molecule has 2 aromatic heterocycles. The number of hydrogen-bond donors (Lipinski definition) is 1. The number of nitrogens with one attached hydrogen (secondary N) is 1. The molecule has 0 atom stereocenters. The van der Waals surface area contributed by atoms with Gasteiger partial charge >= 0.3 is 5.76 Å². The van der Waals surface area contributed by atoms with E-state index in [9.17, 15) is 4.79 Å². The maximum Gasteiger partial charge on any atom is 0.434 e. The second-order valence-corrected chi connectivity index (χ2v) is 2.75. The molecule has 0 saturated carbocycles. The van der Waals surface area contributed by atoms with E-state index in [1.165, 1.54) is 0 Å². The zero-order valence-corrected chi connectivity index (χ0v) is 7.25. The number of rotatable bonds is 1. The molecule has 0 aromatic carbocycles. The Morgan fingerprint density at radius 1 is 1.38 bits per heavy atom. The van der Waals surface area contributed by atoms with Crippen LogP contribution in [0.15, 0.2) is 19.7 Å². The van der Waals surface area contributed by atoms with Crippen molar-refractivity contribution in [3.63, 3.8) is 0 Å². The van der Waals surface area contributed by atoms with Gasteiger partial charge in [-0.25, -0.2) is 9.89 Å². The van der Waals surface area contributed by atoms with Gasteiger partial charge in [0.05, 0.1) is 5.56 Å². The summed E-state index contributed by atoms with van der Waals surface area (Å²) in [6, 6.07) is 1.77. The van der Waals surface area contributed by atoms with Crippen molar-refractivity contribution in [2.75, 3.05) is 0 Å². The maximum absolute atomic E-state index is 10.7. The van der Waals surface area contributed by atoms with E-state index in [0.717, 1.165) is 5.76 Å². The van der Waals surface area contributed by atoms with Crippen molar-refractivity contribution in [1.82, 2.24) is 10.2 Å². The van der Waals surface area contributed by atoms with E-state index in [-0.39, 0.29) is 5.89 Å². The number of aromatic amines is 1. The van der Waals surface area contributed by atoms with Gasteiger partial charge in [0, 0.05) is 0 Å². The average molecular weight is 180 g/mol. The Balaban J connectivity index is 2.57. The van der Waals surface area contributed by atoms with Gasteiger partial charge in [0.1, 0.15) is 11.5 Å². The normalized spacial score (nSPS) is 10.6. The van der Waals surface area contributed by atoms with E-state index >= 15 is 0 Å². The lowest BCUT2D eigenvalue weighted by atomic mass is 10.2. The molecule has 5 nitrogen and oxygen atoms in total. The largest absolute Gasteiger partial charge is 0.466 e. The summed E-state index contributed by atoms with van der Waals surface area (Å²) in [5.74, 6) is 1.15. The molecule has 2 rings (SSSR count). The summed E-state index contributed by atoms with van der Waals surface area (Å²) in [6.07, 6.45) is 0. The SMILES string of the molecule is Cc1cc(-c2n[nH]c(=O)o2)c(C)o1. The molecule has 0 aliphatic carbocycles. The van der Waals surface area contributed by atoms with Gasteiger partial charge in [-0.3, -0.25) is 0 Å². The van der Waals surface area contributed by atoms with E-state index in [0.29, 0.717) is 11.3 Å². The minimum Gasteiger partial charge on any atom is -0.466 e. The Labute approximate surface area is 73.4 Å². The van der Waals surface area contributed by atoms with Crippen molar-refractivity contribution in [2.45, 2.75) is 13.8 Å². The molecular weight excluding hydrogens is 172 g/mol. The lowest BCUT2D eigenvalue weighted by Crippen LogP contribution is -1.93. The van der Waals surface area contributed by atoms with Crippen molar-refractivity contribution >= 4 is 0 Å².